The number of halogens is 3. The van der Waals surface area contributed by atoms with Gasteiger partial charge in [-0.2, -0.15) is 13.2 Å². The van der Waals surface area contributed by atoms with E-state index in [4.69, 9.17) is 0 Å². The number of rotatable bonds is 3. The summed E-state index contributed by atoms with van der Waals surface area (Å²) in [5, 5.41) is 6.50. The third-order valence-corrected chi connectivity index (χ3v) is 6.74. The number of piperazine rings is 2. The molecular weight excluding hydrogens is 421 g/mol. The number of thiazole rings is 1. The Bertz CT molecular complexity index is 776. The van der Waals surface area contributed by atoms with Crippen LogP contribution in [0.4, 0.5) is 23.1 Å². The van der Waals surface area contributed by atoms with E-state index in [0.717, 1.165) is 36.4 Å². The van der Waals surface area contributed by atoms with E-state index < -0.39 is 17.9 Å². The Morgan fingerprint density at radius 1 is 1.13 bits per heavy atom. The lowest BCUT2D eigenvalue weighted by molar-refractivity contribution is -0.140. The van der Waals surface area contributed by atoms with Crippen LogP contribution in [0.15, 0.2) is 5.38 Å². The fourth-order valence-corrected chi connectivity index (χ4v) is 4.71. The van der Waals surface area contributed by atoms with Crippen LogP contribution in [0.5, 0.6) is 0 Å². The average Bonchev–Trinajstić information content (AvgIpc) is 3.15. The molecule has 3 fully saturated rings. The van der Waals surface area contributed by atoms with Crippen molar-refractivity contribution in [2.45, 2.75) is 37.5 Å². The fraction of sp³-hybridized carbons (Fsp3) is 0.722. The molecule has 1 aromatic rings. The molecule has 3 heterocycles. The van der Waals surface area contributed by atoms with Crippen molar-refractivity contribution in [2.24, 2.45) is 0 Å². The zero-order valence-electron chi connectivity index (χ0n) is 16.5. The number of carbonyl (C=O) groups excluding carboxylic acids is 2. The van der Waals surface area contributed by atoms with Gasteiger partial charge in [0.2, 0.25) is 5.91 Å². The normalized spacial score (nSPS) is 23.9. The molecule has 3 amide bonds. The average molecular weight is 446 g/mol. The summed E-state index contributed by atoms with van der Waals surface area (Å²) < 4.78 is 37.9. The molecule has 0 radical (unpaired) electrons. The fourth-order valence-electron chi connectivity index (χ4n) is 4.00. The molecule has 2 N–H and O–H groups in total. The first-order valence-electron chi connectivity index (χ1n) is 10.2. The van der Waals surface area contributed by atoms with Crippen molar-refractivity contribution in [1.82, 2.24) is 25.0 Å². The van der Waals surface area contributed by atoms with Crippen LogP contribution in [0.3, 0.4) is 0 Å². The maximum absolute atomic E-state index is 12.9. The SMILES string of the molecule is O=C(Nc1nc(C(F)(F)F)cs1)N1CCN(C(=O)[C@H]2CN(C3CCC3)CCN2)CC1. The lowest BCUT2D eigenvalue weighted by Crippen LogP contribution is -2.62. The highest BCUT2D eigenvalue weighted by Crippen LogP contribution is 2.31. The number of anilines is 1. The van der Waals surface area contributed by atoms with E-state index >= 15 is 0 Å². The van der Waals surface area contributed by atoms with E-state index in [2.05, 4.69) is 20.5 Å². The first-order valence-corrected chi connectivity index (χ1v) is 11.0. The summed E-state index contributed by atoms with van der Waals surface area (Å²) >= 11 is 0.735. The van der Waals surface area contributed by atoms with E-state index in [-0.39, 0.29) is 17.1 Å². The van der Waals surface area contributed by atoms with Crippen LogP contribution in [0, 0.1) is 0 Å². The summed E-state index contributed by atoms with van der Waals surface area (Å²) in [5.74, 6) is 0.0498. The second-order valence-corrected chi connectivity index (χ2v) is 8.72. The Morgan fingerprint density at radius 3 is 2.43 bits per heavy atom. The van der Waals surface area contributed by atoms with Crippen LogP contribution in [0.25, 0.3) is 0 Å². The number of hydrogen-bond acceptors (Lipinski definition) is 6. The molecule has 30 heavy (non-hydrogen) atoms. The van der Waals surface area contributed by atoms with E-state index in [1.54, 1.807) is 4.90 Å². The smallest absolute Gasteiger partial charge is 0.338 e. The molecule has 2 saturated heterocycles. The summed E-state index contributed by atoms with van der Waals surface area (Å²) in [6.45, 7) is 3.94. The topological polar surface area (TPSA) is 80.8 Å². The third-order valence-electron chi connectivity index (χ3n) is 5.98. The summed E-state index contributed by atoms with van der Waals surface area (Å²) in [4.78, 5) is 34.3. The molecule has 1 aliphatic carbocycles. The minimum absolute atomic E-state index is 0.0498. The predicted molar refractivity (Wildman–Crippen MR) is 105 cm³/mol. The van der Waals surface area contributed by atoms with Crippen molar-refractivity contribution in [3.05, 3.63) is 11.1 Å². The van der Waals surface area contributed by atoms with Gasteiger partial charge in [-0.1, -0.05) is 6.42 Å². The number of alkyl halides is 3. The molecular formula is C18H25F3N6O2S. The number of aromatic nitrogens is 1. The largest absolute Gasteiger partial charge is 0.434 e. The maximum Gasteiger partial charge on any atom is 0.434 e. The molecule has 8 nitrogen and oxygen atoms in total. The summed E-state index contributed by atoms with van der Waals surface area (Å²) in [6.07, 6.45) is -0.862. The van der Waals surface area contributed by atoms with Crippen LogP contribution in [-0.2, 0) is 11.0 Å². The van der Waals surface area contributed by atoms with Crippen molar-refractivity contribution >= 4 is 28.4 Å². The van der Waals surface area contributed by atoms with Gasteiger partial charge in [-0.3, -0.25) is 15.0 Å². The van der Waals surface area contributed by atoms with Crippen LogP contribution in [-0.4, -0.2) is 89.5 Å². The van der Waals surface area contributed by atoms with Crippen molar-refractivity contribution in [1.29, 1.82) is 0 Å². The highest BCUT2D eigenvalue weighted by atomic mass is 32.1. The first-order chi connectivity index (χ1) is 14.3. The van der Waals surface area contributed by atoms with E-state index in [1.165, 1.54) is 24.2 Å². The molecule has 1 aromatic heterocycles. The standard InChI is InChI=1S/C18H25F3N6O2S/c19-18(20,21)14-11-30-16(23-14)24-17(29)26-8-6-25(7-9-26)15(28)13-10-27(5-4-22-13)12-2-1-3-12/h11-13,22H,1-10H2,(H,23,24,29)/t13-/m1/s1. The molecule has 166 valence electrons. The van der Waals surface area contributed by atoms with E-state index in [9.17, 15) is 22.8 Å². The minimum atomic E-state index is -4.53. The van der Waals surface area contributed by atoms with E-state index in [0.29, 0.717) is 32.2 Å². The lowest BCUT2D eigenvalue weighted by atomic mass is 9.90. The highest BCUT2D eigenvalue weighted by Gasteiger charge is 2.36. The number of hydrogen-bond donors (Lipinski definition) is 2. The van der Waals surface area contributed by atoms with Gasteiger partial charge in [0.15, 0.2) is 10.8 Å². The number of carbonyl (C=O) groups is 2. The molecule has 0 spiro atoms. The molecule has 1 atom stereocenters. The van der Waals surface area contributed by atoms with E-state index in [1.807, 2.05) is 0 Å². The van der Waals surface area contributed by atoms with Crippen LogP contribution in [0.2, 0.25) is 0 Å². The Kier molecular flexibility index (Phi) is 6.16. The van der Waals surface area contributed by atoms with Crippen LogP contribution in [0.1, 0.15) is 25.0 Å². The number of nitrogens with one attached hydrogen (secondary N) is 2. The number of urea groups is 1. The van der Waals surface area contributed by atoms with Gasteiger partial charge in [0, 0.05) is 57.2 Å². The van der Waals surface area contributed by atoms with Crippen molar-refractivity contribution in [3.8, 4) is 0 Å². The summed E-state index contributed by atoms with van der Waals surface area (Å²) in [6, 6.07) is -0.125. The molecule has 3 aliphatic rings. The molecule has 2 aliphatic heterocycles. The Hall–Kier alpha value is -1.92. The molecule has 1 saturated carbocycles. The zero-order chi connectivity index (χ0) is 21.3. The summed E-state index contributed by atoms with van der Waals surface area (Å²) in [5.41, 5.74) is -1.02. The molecule has 12 heteroatoms. The minimum Gasteiger partial charge on any atom is -0.338 e. The van der Waals surface area contributed by atoms with Gasteiger partial charge in [-0.05, 0) is 12.8 Å². The quantitative estimate of drug-likeness (QED) is 0.738. The van der Waals surface area contributed by atoms with Gasteiger partial charge in [0.05, 0.1) is 6.04 Å². The Balaban J connectivity index is 1.25. The number of amides is 3. The van der Waals surface area contributed by atoms with Crippen molar-refractivity contribution in [2.75, 3.05) is 51.1 Å². The molecule has 0 unspecified atom stereocenters. The van der Waals surface area contributed by atoms with Crippen molar-refractivity contribution in [3.63, 3.8) is 0 Å². The van der Waals surface area contributed by atoms with Gasteiger partial charge >= 0.3 is 12.2 Å². The van der Waals surface area contributed by atoms with Gasteiger partial charge in [0.1, 0.15) is 0 Å². The highest BCUT2D eigenvalue weighted by molar-refractivity contribution is 7.13. The molecule has 0 aromatic carbocycles. The first kappa shape index (κ1) is 21.3. The summed E-state index contributed by atoms with van der Waals surface area (Å²) in [7, 11) is 0. The van der Waals surface area contributed by atoms with Gasteiger partial charge in [-0.15, -0.1) is 11.3 Å². The second kappa shape index (κ2) is 8.67. The Labute approximate surface area is 176 Å². The van der Waals surface area contributed by atoms with Gasteiger partial charge < -0.3 is 15.1 Å². The predicted octanol–water partition coefficient (Wildman–Crippen LogP) is 1.66. The second-order valence-electron chi connectivity index (χ2n) is 7.86. The Morgan fingerprint density at radius 2 is 1.83 bits per heavy atom. The molecule has 4 rings (SSSR count). The van der Waals surface area contributed by atoms with Crippen molar-refractivity contribution < 1.29 is 22.8 Å². The molecule has 0 bridgehead atoms. The third kappa shape index (κ3) is 4.70. The number of nitrogens with zero attached hydrogens (tertiary/aromatic N) is 4. The van der Waals surface area contributed by atoms with Crippen LogP contribution < -0.4 is 10.6 Å². The lowest BCUT2D eigenvalue weighted by Gasteiger charge is -2.44. The van der Waals surface area contributed by atoms with Gasteiger partial charge in [0.25, 0.3) is 0 Å². The zero-order valence-corrected chi connectivity index (χ0v) is 17.3. The monoisotopic (exact) mass is 446 g/mol. The maximum atomic E-state index is 12.9. The van der Waals surface area contributed by atoms with Gasteiger partial charge in [-0.25, -0.2) is 9.78 Å². The van der Waals surface area contributed by atoms with Crippen LogP contribution >= 0.6 is 11.3 Å².